The molecule has 4 amide bonds. The first-order valence-corrected chi connectivity index (χ1v) is 28.4. The highest BCUT2D eigenvalue weighted by molar-refractivity contribution is 7.86. The van der Waals surface area contributed by atoms with Gasteiger partial charge in [0.15, 0.2) is 0 Å². The first-order chi connectivity index (χ1) is 40.6. The Balaban J connectivity index is 0.000000710. The second-order valence-corrected chi connectivity index (χ2v) is 21.9. The molecule has 0 aliphatic rings. The van der Waals surface area contributed by atoms with Crippen molar-refractivity contribution in [2.75, 3.05) is 34.4 Å². The molecule has 0 heterocycles. The average molecular weight is 1390 g/mol. The zero-order valence-corrected chi connectivity index (χ0v) is 48.4. The molecule has 3 aromatic rings. The normalized spacial score (nSPS) is 12.4. The molecule has 0 saturated heterocycles. The maximum atomic E-state index is 13.1. The van der Waals surface area contributed by atoms with Crippen LogP contribution in [0, 0.1) is 60.7 Å². The zero-order valence-electron chi connectivity index (χ0n) is 43.4. The zero-order chi connectivity index (χ0) is 69.3. The van der Waals surface area contributed by atoms with Crippen molar-refractivity contribution in [3.63, 3.8) is 0 Å². The third-order valence-corrected chi connectivity index (χ3v) is 14.3. The van der Waals surface area contributed by atoms with Crippen LogP contribution >= 0.6 is 36.9 Å². The summed E-state index contributed by atoms with van der Waals surface area (Å²) in [6, 6.07) is -4.59. The lowest BCUT2D eigenvalue weighted by Gasteiger charge is -2.27. The summed E-state index contributed by atoms with van der Waals surface area (Å²) in [4.78, 5) is 150. The van der Waals surface area contributed by atoms with Crippen LogP contribution in [0.25, 0.3) is 0 Å². The van der Waals surface area contributed by atoms with E-state index in [0.717, 1.165) is 0 Å². The van der Waals surface area contributed by atoms with E-state index in [0.29, 0.717) is 12.1 Å². The molecule has 51 heteroatoms. The molecular formula is C38H41ClN12O33S5. The van der Waals surface area contributed by atoms with Gasteiger partial charge in [0.25, 0.3) is 59.2 Å². The van der Waals surface area contributed by atoms with Gasteiger partial charge in [-0.05, 0) is 12.8 Å². The Hall–Kier alpha value is -9.54. The van der Waals surface area contributed by atoms with Crippen LogP contribution in [0.3, 0.4) is 0 Å². The smallest absolute Gasteiger partial charge is 0.323 e. The Morgan fingerprint density at radius 2 is 0.820 bits per heavy atom. The van der Waals surface area contributed by atoms with Crippen molar-refractivity contribution in [2.24, 2.45) is 11.5 Å². The standard InChI is InChI=1S/2C16H19N5O13S2.C6H3ClN2O7S/c17-8(16(26)27)1-2-12(22)18-9(6-35)15(25)19(5-13(23)24)14-10(20(28)29)3-7(36(32,33)34)4-11(14)21(30)31;17-8(16(26)27)1-2-12(22)18-9(6-35)15(25)19(5-13(23)24)14-10(21(30)31)3-7(20(28)29)4-11(14)36(32,33)34;7-6-4(9(12)13)1-3(8(10)11)2-5(6)17(14,15)16/h2*3-4,8-9,35H,1-2,5-6,17H2,(H,18,22)(H,23,24)(H,26,27)(H,32,33,34);1-2H,(H,14,15,16). The fourth-order valence-electron chi connectivity index (χ4n) is 6.47. The number of carboxylic acids is 4. The Bertz CT molecular complexity index is 3710. The number of hydrogen-bond donors (Lipinski definition) is 13. The highest BCUT2D eigenvalue weighted by atomic mass is 35.5. The molecule has 4 atom stereocenters. The van der Waals surface area contributed by atoms with Gasteiger partial charge in [0, 0.05) is 48.6 Å². The first-order valence-electron chi connectivity index (χ1n) is 22.5. The van der Waals surface area contributed by atoms with Crippen molar-refractivity contribution in [3.05, 3.63) is 102 Å². The van der Waals surface area contributed by atoms with E-state index in [2.05, 4.69) is 35.9 Å². The number of carbonyl (C=O) groups is 8. The number of amides is 4. The number of anilines is 2. The summed E-state index contributed by atoms with van der Waals surface area (Å²) in [5, 5.41) is 106. The van der Waals surface area contributed by atoms with Crippen molar-refractivity contribution in [1.82, 2.24) is 10.6 Å². The summed E-state index contributed by atoms with van der Waals surface area (Å²) < 4.78 is 95.8. The number of nitro groups is 6. The molecule has 4 unspecified atom stereocenters. The molecule has 3 rings (SSSR count). The van der Waals surface area contributed by atoms with E-state index < -0.39 is 234 Å². The molecule has 0 aliphatic heterocycles. The number of nitrogens with two attached hydrogens (primary N) is 2. The van der Waals surface area contributed by atoms with Gasteiger partial charge in [-0.1, -0.05) is 11.6 Å². The molecule has 0 bridgehead atoms. The molecule has 0 saturated carbocycles. The number of carbonyl (C=O) groups excluding carboxylic acids is 4. The quantitative estimate of drug-likeness (QED) is 0.0171. The van der Waals surface area contributed by atoms with E-state index in [1.54, 1.807) is 0 Å². The van der Waals surface area contributed by atoms with Gasteiger partial charge in [0.2, 0.25) is 17.5 Å². The van der Waals surface area contributed by atoms with Crippen molar-refractivity contribution >= 4 is 160 Å². The minimum atomic E-state index is -5.51. The van der Waals surface area contributed by atoms with Crippen LogP contribution in [0.4, 0.5) is 45.5 Å². The van der Waals surface area contributed by atoms with Crippen LogP contribution in [0.2, 0.25) is 5.02 Å². The van der Waals surface area contributed by atoms with Crippen molar-refractivity contribution < 1.29 is 127 Å². The molecule has 0 radical (unpaired) electrons. The monoisotopic (exact) mass is 1390 g/mol. The predicted molar refractivity (Wildman–Crippen MR) is 295 cm³/mol. The highest BCUT2D eigenvalue weighted by Gasteiger charge is 2.41. The number of rotatable bonds is 29. The Kier molecular flexibility index (Phi) is 28.2. The highest BCUT2D eigenvalue weighted by Crippen LogP contribution is 2.42. The van der Waals surface area contributed by atoms with Gasteiger partial charge in [-0.2, -0.15) is 50.5 Å². The second-order valence-electron chi connectivity index (χ2n) is 16.6. The molecule has 3 aromatic carbocycles. The fourth-order valence-corrected chi connectivity index (χ4v) is 9.29. The number of hydrogen-bond acceptors (Lipinski definition) is 30. The minimum absolute atomic E-state index is 0.0252. The van der Waals surface area contributed by atoms with Crippen molar-refractivity contribution in [1.29, 1.82) is 0 Å². The van der Waals surface area contributed by atoms with Crippen LogP contribution < -0.4 is 31.9 Å². The molecule has 488 valence electrons. The van der Waals surface area contributed by atoms with Crippen molar-refractivity contribution in [3.8, 4) is 0 Å². The van der Waals surface area contributed by atoms with Gasteiger partial charge in [-0.25, -0.2) is 0 Å². The summed E-state index contributed by atoms with van der Waals surface area (Å²) in [7, 11) is -15.6. The lowest BCUT2D eigenvalue weighted by molar-refractivity contribution is -0.394. The second kappa shape index (κ2) is 32.4. The largest absolute Gasteiger partial charge is 0.480 e. The summed E-state index contributed by atoms with van der Waals surface area (Å²) in [5.74, 6) is -12.3. The maximum absolute atomic E-state index is 13.1. The van der Waals surface area contributed by atoms with Gasteiger partial charge in [-0.15, -0.1) is 0 Å². The summed E-state index contributed by atoms with van der Waals surface area (Å²) >= 11 is 13.1. The third-order valence-electron chi connectivity index (χ3n) is 10.4. The SMILES string of the molecule is NC(CCC(=O)NC(CS)C(=O)N(CC(=O)O)c1c([N+](=O)[O-])cc(S(=O)(=O)O)cc1[N+](=O)[O-])C(=O)O.NC(CCC(=O)NC(CS)C(=O)N(CC(=O)O)c1c([N+](=O)[O-])cc([N+](=O)[O-])cc1S(=O)(=O)O)C(=O)O.O=[N+]([O-])c1cc([N+](=O)[O-])c(Cl)c(S(=O)(=O)O)c1. The molecule has 0 aromatic heterocycles. The average Bonchev–Trinajstić information content (AvgIpc) is 3.39. The molecule has 0 fully saturated rings. The molecule has 0 aliphatic carbocycles. The van der Waals surface area contributed by atoms with Gasteiger partial charge >= 0.3 is 40.9 Å². The van der Waals surface area contributed by atoms with Gasteiger partial charge in [0.05, 0.1) is 41.7 Å². The van der Waals surface area contributed by atoms with Gasteiger partial charge in [0.1, 0.15) is 62.7 Å². The van der Waals surface area contributed by atoms with Crippen molar-refractivity contribution in [2.45, 2.75) is 64.5 Å². The Morgan fingerprint density at radius 1 is 0.506 bits per heavy atom. The summed E-state index contributed by atoms with van der Waals surface area (Å²) in [6.45, 7) is -2.85. The fraction of sp³-hybridized carbons (Fsp3) is 0.316. The van der Waals surface area contributed by atoms with Gasteiger partial charge in [-0.3, -0.25) is 123 Å². The lowest BCUT2D eigenvalue weighted by Crippen LogP contribution is -2.51. The number of nitrogens with one attached hydrogen (secondary N) is 2. The Morgan fingerprint density at radius 3 is 1.10 bits per heavy atom. The molecule has 89 heavy (non-hydrogen) atoms. The predicted octanol–water partition coefficient (Wildman–Crippen LogP) is -1.05. The molecular weight excluding hydrogens is 1350 g/mol. The topological polar surface area (TPSA) is 722 Å². The van der Waals surface area contributed by atoms with E-state index in [4.69, 9.17) is 37.8 Å². The van der Waals surface area contributed by atoms with E-state index in [1.165, 1.54) is 0 Å². The minimum Gasteiger partial charge on any atom is -0.480 e. The van der Waals surface area contributed by atoms with Crippen LogP contribution in [0.1, 0.15) is 25.7 Å². The lowest BCUT2D eigenvalue weighted by atomic mass is 10.1. The molecule has 13 N–H and O–H groups in total. The van der Waals surface area contributed by atoms with Crippen LogP contribution in [-0.2, 0) is 68.7 Å². The van der Waals surface area contributed by atoms with Gasteiger partial charge < -0.3 is 42.5 Å². The number of nitro benzene ring substituents is 6. The number of halogens is 1. The molecule has 45 nitrogen and oxygen atoms in total. The molecule has 0 spiro atoms. The van der Waals surface area contributed by atoms with E-state index in [-0.39, 0.29) is 46.9 Å². The third kappa shape index (κ3) is 22.6. The first kappa shape index (κ1) is 77.5. The van der Waals surface area contributed by atoms with E-state index in [1.807, 2.05) is 0 Å². The van der Waals surface area contributed by atoms with Crippen LogP contribution in [-0.4, -0.2) is 185 Å². The maximum Gasteiger partial charge on any atom is 0.323 e. The summed E-state index contributed by atoms with van der Waals surface area (Å²) in [6.07, 6.45) is -1.75. The van der Waals surface area contributed by atoms with E-state index >= 15 is 0 Å². The number of carboxylic acid groups (broad SMARTS) is 4. The number of nitrogens with zero attached hydrogens (tertiary/aromatic N) is 8. The summed E-state index contributed by atoms with van der Waals surface area (Å²) in [5.41, 5.74) is 0.745. The Labute approximate surface area is 508 Å². The number of thiol groups is 2. The number of non-ortho nitro benzene ring substituents is 2. The van der Waals surface area contributed by atoms with Crippen LogP contribution in [0.15, 0.2) is 51.1 Å². The number of benzene rings is 3. The number of aliphatic carboxylic acids is 4. The van der Waals surface area contributed by atoms with E-state index in [9.17, 15) is 144 Å². The van der Waals surface area contributed by atoms with Crippen LogP contribution in [0.5, 0.6) is 0 Å².